The van der Waals surface area contributed by atoms with Gasteiger partial charge in [0, 0.05) is 6.54 Å². The molecule has 10 nitrogen and oxygen atoms in total. The molecule has 0 radical (unpaired) electrons. The number of hydrogen-bond acceptors (Lipinski definition) is 6. The zero-order chi connectivity index (χ0) is 25.9. The Morgan fingerprint density at radius 2 is 1.41 bits per heavy atom. The van der Waals surface area contributed by atoms with Crippen LogP contribution in [0.2, 0.25) is 0 Å². The van der Waals surface area contributed by atoms with E-state index in [2.05, 4.69) is 9.97 Å². The van der Waals surface area contributed by atoms with E-state index in [4.69, 9.17) is 0 Å². The first kappa shape index (κ1) is 23.1. The van der Waals surface area contributed by atoms with Crippen molar-refractivity contribution >= 4 is 32.9 Å². The number of aromatic nitrogens is 2. The molecule has 1 aromatic heterocycles. The summed E-state index contributed by atoms with van der Waals surface area (Å²) in [5, 5.41) is 0. The van der Waals surface area contributed by atoms with Crippen LogP contribution in [0, 0.1) is 0 Å². The molecule has 11 heteroatoms. The molecule has 2 aliphatic heterocycles. The fourth-order valence-corrected chi connectivity index (χ4v) is 6.70. The van der Waals surface area contributed by atoms with Gasteiger partial charge in [0.1, 0.15) is 0 Å². The average Bonchev–Trinajstić information content (AvgIpc) is 3.14. The fourth-order valence-electron chi connectivity index (χ4n) is 5.07. The number of rotatable bonds is 4. The van der Waals surface area contributed by atoms with Crippen molar-refractivity contribution in [2.75, 3.05) is 13.1 Å². The summed E-state index contributed by atoms with van der Waals surface area (Å²) in [6, 6.07) is 17.1. The van der Waals surface area contributed by atoms with Gasteiger partial charge in [-0.15, -0.1) is 0 Å². The number of imide groups is 1. The Bertz CT molecular complexity index is 1810. The van der Waals surface area contributed by atoms with Gasteiger partial charge in [-0.25, -0.2) is 8.42 Å². The molecule has 2 N–H and O–H groups in total. The first-order valence-electron chi connectivity index (χ1n) is 11.6. The highest BCUT2D eigenvalue weighted by Crippen LogP contribution is 2.36. The summed E-state index contributed by atoms with van der Waals surface area (Å²) in [5.41, 5.74) is 0.963. The van der Waals surface area contributed by atoms with Gasteiger partial charge in [0.05, 0.1) is 39.6 Å². The molecule has 0 aliphatic carbocycles. The van der Waals surface area contributed by atoms with Gasteiger partial charge < -0.3 is 9.97 Å². The number of aromatic amines is 2. The highest BCUT2D eigenvalue weighted by Gasteiger charge is 2.42. The summed E-state index contributed by atoms with van der Waals surface area (Å²) in [7, 11) is -4.14. The summed E-state index contributed by atoms with van der Waals surface area (Å²) < 4.78 is 29.2. The third kappa shape index (κ3) is 3.62. The van der Waals surface area contributed by atoms with Crippen molar-refractivity contribution in [2.24, 2.45) is 0 Å². The molecule has 0 saturated heterocycles. The Morgan fingerprint density at radius 1 is 0.784 bits per heavy atom. The van der Waals surface area contributed by atoms with E-state index in [9.17, 15) is 27.6 Å². The molecule has 1 atom stereocenters. The molecule has 0 bridgehead atoms. The Balaban J connectivity index is 1.43. The van der Waals surface area contributed by atoms with Crippen molar-refractivity contribution < 1.29 is 18.0 Å². The molecular weight excluding hydrogens is 496 g/mol. The number of fused-ring (bicyclic) bond motifs is 3. The summed E-state index contributed by atoms with van der Waals surface area (Å²) >= 11 is 0. The van der Waals surface area contributed by atoms with Gasteiger partial charge in [-0.2, -0.15) is 4.31 Å². The molecular formula is C26H20N4O6S. The SMILES string of the molecule is O=C1c2ccccc2C(=O)N1CC1c2ccccc2CCN1S(=O)(=O)c1ccc2[nH]c(=O)c(=O)[nH]c2c1. The van der Waals surface area contributed by atoms with E-state index < -0.39 is 39.0 Å². The maximum Gasteiger partial charge on any atom is 0.314 e. The van der Waals surface area contributed by atoms with Crippen LogP contribution in [0.1, 0.15) is 37.9 Å². The van der Waals surface area contributed by atoms with Crippen molar-refractivity contribution in [1.29, 1.82) is 0 Å². The first-order valence-corrected chi connectivity index (χ1v) is 13.0. The quantitative estimate of drug-likeness (QED) is 0.313. The number of amides is 2. The van der Waals surface area contributed by atoms with E-state index in [0.29, 0.717) is 23.1 Å². The van der Waals surface area contributed by atoms with Crippen LogP contribution in [0.5, 0.6) is 0 Å². The van der Waals surface area contributed by atoms with Gasteiger partial charge in [0.25, 0.3) is 11.8 Å². The Morgan fingerprint density at radius 3 is 2.11 bits per heavy atom. The normalized spacial score (nSPS) is 17.7. The molecule has 0 saturated carbocycles. The van der Waals surface area contributed by atoms with Crippen LogP contribution < -0.4 is 11.1 Å². The third-order valence-electron chi connectivity index (χ3n) is 6.90. The van der Waals surface area contributed by atoms with Gasteiger partial charge in [0.15, 0.2) is 0 Å². The minimum Gasteiger partial charge on any atom is -0.316 e. The van der Waals surface area contributed by atoms with Crippen LogP contribution >= 0.6 is 0 Å². The van der Waals surface area contributed by atoms with Gasteiger partial charge in [0.2, 0.25) is 10.0 Å². The second-order valence-corrected chi connectivity index (χ2v) is 10.9. The van der Waals surface area contributed by atoms with Crippen LogP contribution in [0.3, 0.4) is 0 Å². The van der Waals surface area contributed by atoms with Gasteiger partial charge in [-0.3, -0.25) is 24.1 Å². The smallest absolute Gasteiger partial charge is 0.314 e. The number of nitrogens with zero attached hydrogens (tertiary/aromatic N) is 2. The van der Waals surface area contributed by atoms with E-state index in [0.717, 1.165) is 10.5 Å². The van der Waals surface area contributed by atoms with Crippen LogP contribution in [-0.4, -0.2) is 52.5 Å². The largest absolute Gasteiger partial charge is 0.316 e. The zero-order valence-electron chi connectivity index (χ0n) is 19.3. The highest BCUT2D eigenvalue weighted by molar-refractivity contribution is 7.89. The van der Waals surface area contributed by atoms with Crippen molar-refractivity contribution in [2.45, 2.75) is 17.4 Å². The molecule has 37 heavy (non-hydrogen) atoms. The number of H-pyrrole nitrogens is 2. The number of nitrogens with one attached hydrogen (secondary N) is 2. The van der Waals surface area contributed by atoms with E-state index in [1.807, 2.05) is 18.2 Å². The van der Waals surface area contributed by atoms with Crippen LogP contribution in [-0.2, 0) is 16.4 Å². The minimum atomic E-state index is -4.14. The number of sulfonamides is 1. The maximum atomic E-state index is 13.9. The molecule has 0 fully saturated rings. The van der Waals surface area contributed by atoms with E-state index in [1.165, 1.54) is 22.5 Å². The Kier molecular flexibility index (Phi) is 5.21. The third-order valence-corrected chi connectivity index (χ3v) is 8.80. The number of hydrogen-bond donors (Lipinski definition) is 2. The Hall–Kier alpha value is -4.35. The number of benzene rings is 3. The lowest BCUT2D eigenvalue weighted by molar-refractivity contribution is 0.0616. The predicted molar refractivity (Wildman–Crippen MR) is 134 cm³/mol. The second-order valence-electron chi connectivity index (χ2n) is 8.96. The molecule has 0 spiro atoms. The van der Waals surface area contributed by atoms with E-state index in [1.54, 1.807) is 30.3 Å². The van der Waals surface area contributed by atoms with Crippen LogP contribution in [0.15, 0.2) is 81.2 Å². The van der Waals surface area contributed by atoms with E-state index >= 15 is 0 Å². The summed E-state index contributed by atoms with van der Waals surface area (Å²) in [4.78, 5) is 55.5. The first-order chi connectivity index (χ1) is 17.8. The van der Waals surface area contributed by atoms with Gasteiger partial charge in [-0.1, -0.05) is 36.4 Å². The highest BCUT2D eigenvalue weighted by atomic mass is 32.2. The summed E-state index contributed by atoms with van der Waals surface area (Å²) in [6.07, 6.45) is 0.450. The molecule has 2 amide bonds. The van der Waals surface area contributed by atoms with Gasteiger partial charge in [-0.05, 0) is 47.9 Å². The molecule has 186 valence electrons. The number of carbonyl (C=O) groups excluding carboxylic acids is 2. The maximum absolute atomic E-state index is 13.9. The lowest BCUT2D eigenvalue weighted by Crippen LogP contribution is -2.46. The summed E-state index contributed by atoms with van der Waals surface area (Å²) in [6.45, 7) is -0.0202. The standard InChI is InChI=1S/C26H20N4O6S/c31-23-24(32)28-21-13-16(9-10-20(21)27-23)37(35,36)30-12-11-15-5-1-2-6-17(15)22(30)14-29-25(33)18-7-3-4-8-19(18)26(29)34/h1-10,13,22H,11-12,14H2,(H,27,31)(H,28,32). The summed E-state index contributed by atoms with van der Waals surface area (Å²) in [5.74, 6) is -0.929. The van der Waals surface area contributed by atoms with Crippen LogP contribution in [0.25, 0.3) is 11.0 Å². The molecule has 3 aromatic carbocycles. The van der Waals surface area contributed by atoms with Crippen molar-refractivity contribution in [3.63, 3.8) is 0 Å². The van der Waals surface area contributed by atoms with Crippen molar-refractivity contribution in [1.82, 2.24) is 19.2 Å². The predicted octanol–water partition coefficient (Wildman–Crippen LogP) is 1.80. The lowest BCUT2D eigenvalue weighted by Gasteiger charge is -2.37. The van der Waals surface area contributed by atoms with Gasteiger partial charge >= 0.3 is 11.1 Å². The molecule has 3 heterocycles. The minimum absolute atomic E-state index is 0.0885. The zero-order valence-corrected chi connectivity index (χ0v) is 20.1. The number of carbonyl (C=O) groups is 2. The molecule has 4 aromatic rings. The monoisotopic (exact) mass is 516 g/mol. The molecule has 2 aliphatic rings. The van der Waals surface area contributed by atoms with Crippen molar-refractivity contribution in [3.05, 3.63) is 110 Å². The topological polar surface area (TPSA) is 140 Å². The van der Waals surface area contributed by atoms with Crippen molar-refractivity contribution in [3.8, 4) is 0 Å². The fraction of sp³-hybridized carbons (Fsp3) is 0.154. The lowest BCUT2D eigenvalue weighted by atomic mass is 9.94. The average molecular weight is 517 g/mol. The van der Waals surface area contributed by atoms with E-state index in [-0.39, 0.29) is 29.0 Å². The molecule has 1 unspecified atom stereocenters. The Labute approximate surface area is 210 Å². The second kappa shape index (κ2) is 8.36. The van der Waals surface area contributed by atoms with Crippen LogP contribution in [0.4, 0.5) is 0 Å². The molecule has 6 rings (SSSR count).